The molecule has 1 aromatic rings. The van der Waals surface area contributed by atoms with Crippen LogP contribution in [0.2, 0.25) is 0 Å². The van der Waals surface area contributed by atoms with Crippen molar-refractivity contribution in [3.8, 4) is 5.75 Å². The van der Waals surface area contributed by atoms with Crippen LogP contribution in [0.4, 0.5) is 4.39 Å². The smallest absolute Gasteiger partial charge is 0.130 e. The first kappa shape index (κ1) is 8.51. The van der Waals surface area contributed by atoms with E-state index in [1.54, 1.807) is 12.1 Å². The molecule has 0 unspecified atom stereocenters. The number of hydrogen-bond acceptors (Lipinski definition) is 2. The number of hydrogen-bond donors (Lipinski definition) is 1. The number of rotatable bonds is 2. The van der Waals surface area contributed by atoms with Crippen LogP contribution in [0.15, 0.2) is 18.2 Å². The van der Waals surface area contributed by atoms with Gasteiger partial charge in [-0.2, -0.15) is 0 Å². The minimum absolute atomic E-state index is 0.142. The van der Waals surface area contributed by atoms with E-state index in [0.29, 0.717) is 11.3 Å². The molecule has 2 rings (SSSR count). The Morgan fingerprint density at radius 1 is 1.54 bits per heavy atom. The molecule has 2 nitrogen and oxygen atoms in total. The van der Waals surface area contributed by atoms with E-state index < -0.39 is 0 Å². The topological polar surface area (TPSA) is 35.2 Å². The van der Waals surface area contributed by atoms with Crippen LogP contribution in [0.25, 0.3) is 0 Å². The Morgan fingerprint density at radius 3 is 2.69 bits per heavy atom. The lowest BCUT2D eigenvalue weighted by Gasteiger charge is -2.03. The molecule has 0 aliphatic heterocycles. The second kappa shape index (κ2) is 3.00. The van der Waals surface area contributed by atoms with Crippen LogP contribution in [-0.4, -0.2) is 13.2 Å². The van der Waals surface area contributed by atoms with Gasteiger partial charge in [0.2, 0.25) is 0 Å². The van der Waals surface area contributed by atoms with Crippen LogP contribution in [-0.2, 0) is 0 Å². The predicted molar refractivity (Wildman–Crippen MR) is 48.3 cm³/mol. The van der Waals surface area contributed by atoms with E-state index in [9.17, 15) is 4.39 Å². The lowest BCUT2D eigenvalue weighted by molar-refractivity contribution is 0.410. The van der Waals surface area contributed by atoms with Crippen molar-refractivity contribution in [1.82, 2.24) is 0 Å². The molecule has 0 radical (unpaired) electrons. The summed E-state index contributed by atoms with van der Waals surface area (Å²) in [6.45, 7) is 0. The Morgan fingerprint density at radius 2 is 2.23 bits per heavy atom. The molecule has 1 aromatic carbocycles. The molecule has 1 aliphatic rings. The van der Waals surface area contributed by atoms with Gasteiger partial charge in [0.05, 0.1) is 7.11 Å². The summed E-state index contributed by atoms with van der Waals surface area (Å²) in [6, 6.07) is 5.07. The molecule has 1 aliphatic carbocycles. The third-order valence-corrected chi connectivity index (χ3v) is 2.45. The fourth-order valence-corrected chi connectivity index (χ4v) is 1.51. The maximum Gasteiger partial charge on any atom is 0.130 e. The van der Waals surface area contributed by atoms with Gasteiger partial charge in [-0.1, -0.05) is 6.07 Å². The van der Waals surface area contributed by atoms with Gasteiger partial charge in [-0.3, -0.25) is 0 Å². The number of benzene rings is 1. The highest BCUT2D eigenvalue weighted by atomic mass is 19.1. The van der Waals surface area contributed by atoms with Crippen LogP contribution in [0.3, 0.4) is 0 Å². The molecule has 13 heavy (non-hydrogen) atoms. The van der Waals surface area contributed by atoms with Gasteiger partial charge >= 0.3 is 0 Å². The van der Waals surface area contributed by atoms with Gasteiger partial charge in [-0.15, -0.1) is 0 Å². The molecule has 0 spiro atoms. The zero-order valence-electron chi connectivity index (χ0n) is 7.46. The molecule has 0 amide bonds. The highest BCUT2D eigenvalue weighted by molar-refractivity contribution is 5.34. The highest BCUT2D eigenvalue weighted by Crippen LogP contribution is 2.40. The minimum Gasteiger partial charge on any atom is -0.497 e. The van der Waals surface area contributed by atoms with E-state index in [4.69, 9.17) is 10.5 Å². The van der Waals surface area contributed by atoms with Crippen molar-refractivity contribution in [3.63, 3.8) is 0 Å². The zero-order valence-corrected chi connectivity index (χ0v) is 7.46. The first-order valence-corrected chi connectivity index (χ1v) is 4.31. The number of halogens is 1. The monoisotopic (exact) mass is 181 g/mol. The molecule has 1 saturated carbocycles. The third kappa shape index (κ3) is 1.52. The summed E-state index contributed by atoms with van der Waals surface area (Å²) in [7, 11) is 1.53. The van der Waals surface area contributed by atoms with Crippen molar-refractivity contribution in [1.29, 1.82) is 0 Å². The summed E-state index contributed by atoms with van der Waals surface area (Å²) in [6.07, 6.45) is 0.892. The second-order valence-electron chi connectivity index (χ2n) is 3.39. The standard InChI is InChI=1S/C10H12FNO/c1-13-6-2-3-7(9(11)4-6)8-5-10(8)12/h2-4,8,10H,5,12H2,1H3/t8-,10+/m0/s1. The highest BCUT2D eigenvalue weighted by Gasteiger charge is 2.36. The molecule has 3 heteroatoms. The van der Waals surface area contributed by atoms with E-state index in [-0.39, 0.29) is 17.8 Å². The average Bonchev–Trinajstić information content (AvgIpc) is 2.82. The van der Waals surface area contributed by atoms with Crippen molar-refractivity contribution < 1.29 is 9.13 Å². The lowest BCUT2D eigenvalue weighted by Crippen LogP contribution is -2.02. The summed E-state index contributed by atoms with van der Waals surface area (Å²) in [5.41, 5.74) is 6.36. The van der Waals surface area contributed by atoms with Crippen molar-refractivity contribution in [3.05, 3.63) is 29.6 Å². The molecule has 0 heterocycles. The Labute approximate surface area is 76.5 Å². The van der Waals surface area contributed by atoms with Gasteiger partial charge in [0.1, 0.15) is 11.6 Å². The van der Waals surface area contributed by atoms with Crippen LogP contribution < -0.4 is 10.5 Å². The summed E-state index contributed by atoms with van der Waals surface area (Å²) in [4.78, 5) is 0. The second-order valence-corrected chi connectivity index (χ2v) is 3.39. The molecule has 2 atom stereocenters. The Kier molecular flexibility index (Phi) is 1.96. The van der Waals surface area contributed by atoms with E-state index in [0.717, 1.165) is 6.42 Å². The molecule has 0 bridgehead atoms. The summed E-state index contributed by atoms with van der Waals surface area (Å²) in [5.74, 6) is 0.554. The Bertz CT molecular complexity index is 327. The third-order valence-electron chi connectivity index (χ3n) is 2.45. The maximum atomic E-state index is 13.4. The normalized spacial score (nSPS) is 25.8. The molecular weight excluding hydrogens is 169 g/mol. The molecule has 0 aromatic heterocycles. The molecule has 2 N–H and O–H groups in total. The fraction of sp³-hybridized carbons (Fsp3) is 0.400. The SMILES string of the molecule is COc1ccc([C@@H]2C[C@H]2N)c(F)c1. The molecule has 1 fully saturated rings. The van der Waals surface area contributed by atoms with Gasteiger partial charge in [0, 0.05) is 18.0 Å². The summed E-state index contributed by atoms with van der Waals surface area (Å²) in [5, 5.41) is 0. The number of ether oxygens (including phenoxy) is 1. The predicted octanol–water partition coefficient (Wildman–Crippen LogP) is 1.65. The van der Waals surface area contributed by atoms with E-state index in [1.807, 2.05) is 0 Å². The van der Waals surface area contributed by atoms with Crippen LogP contribution in [0.1, 0.15) is 17.9 Å². The maximum absolute atomic E-state index is 13.4. The minimum atomic E-state index is -0.211. The Balaban J connectivity index is 2.27. The van der Waals surface area contributed by atoms with Crippen molar-refractivity contribution in [2.45, 2.75) is 18.4 Å². The van der Waals surface area contributed by atoms with Gasteiger partial charge in [-0.25, -0.2) is 4.39 Å². The van der Waals surface area contributed by atoms with Gasteiger partial charge < -0.3 is 10.5 Å². The molecule has 70 valence electrons. The molecular formula is C10H12FNO. The van der Waals surface area contributed by atoms with Crippen molar-refractivity contribution >= 4 is 0 Å². The van der Waals surface area contributed by atoms with E-state index in [1.165, 1.54) is 13.2 Å². The lowest BCUT2D eigenvalue weighted by atomic mass is 10.1. The van der Waals surface area contributed by atoms with Gasteiger partial charge in [0.25, 0.3) is 0 Å². The van der Waals surface area contributed by atoms with Gasteiger partial charge in [0.15, 0.2) is 0 Å². The fourth-order valence-electron chi connectivity index (χ4n) is 1.51. The van der Waals surface area contributed by atoms with Crippen LogP contribution in [0.5, 0.6) is 5.75 Å². The number of nitrogens with two attached hydrogens (primary N) is 1. The largest absolute Gasteiger partial charge is 0.497 e. The summed E-state index contributed by atoms with van der Waals surface area (Å²) < 4.78 is 18.3. The quantitative estimate of drug-likeness (QED) is 0.752. The van der Waals surface area contributed by atoms with Crippen molar-refractivity contribution in [2.24, 2.45) is 5.73 Å². The zero-order chi connectivity index (χ0) is 9.42. The number of methoxy groups -OCH3 is 1. The van der Waals surface area contributed by atoms with E-state index >= 15 is 0 Å². The van der Waals surface area contributed by atoms with Crippen LogP contribution >= 0.6 is 0 Å². The first-order valence-electron chi connectivity index (χ1n) is 4.31. The summed E-state index contributed by atoms with van der Waals surface area (Å²) >= 11 is 0. The Hall–Kier alpha value is -1.09. The van der Waals surface area contributed by atoms with Crippen molar-refractivity contribution in [2.75, 3.05) is 7.11 Å². The van der Waals surface area contributed by atoms with Gasteiger partial charge in [-0.05, 0) is 18.1 Å². The first-order chi connectivity index (χ1) is 6.22. The van der Waals surface area contributed by atoms with Crippen LogP contribution in [0, 0.1) is 5.82 Å². The van der Waals surface area contributed by atoms with E-state index in [2.05, 4.69) is 0 Å². The molecule has 0 saturated heterocycles. The average molecular weight is 181 g/mol.